The number of rotatable bonds is 14. The summed E-state index contributed by atoms with van der Waals surface area (Å²) in [7, 11) is 0. The molecule has 0 aromatic heterocycles. The van der Waals surface area contributed by atoms with Gasteiger partial charge in [0.2, 0.25) is 11.8 Å². The molecule has 14 heteroatoms. The monoisotopic (exact) mass is 792 g/mol. The topological polar surface area (TPSA) is 135 Å². The predicted molar refractivity (Wildman–Crippen MR) is 210 cm³/mol. The predicted octanol–water partition coefficient (Wildman–Crippen LogP) is 9.21. The normalized spacial score (nSPS) is 14.6. The maximum Gasteiger partial charge on any atom is 0.408 e. The lowest BCUT2D eigenvalue weighted by Gasteiger charge is -2.30. The molecule has 0 aliphatic rings. The standard InChI is InChI=1S/2C21H30F2N2O3/c2*1-14(2)18(25-19(27)28-20(4,5)6)21(22,23)13-12-17(26)24-15(3)16-10-8-7-9-11-16/h2*7-15,18H,1-6H3,(H,24,26)(H,25,27)/b2*13-12+/t2*15-,18+/m11/s1. The zero-order valence-electron chi connectivity index (χ0n) is 34.5. The van der Waals surface area contributed by atoms with Crippen LogP contribution in [0.4, 0.5) is 27.2 Å². The molecular weight excluding hydrogens is 732 g/mol. The van der Waals surface area contributed by atoms with E-state index in [2.05, 4.69) is 21.3 Å². The number of alkyl halides is 4. The van der Waals surface area contributed by atoms with E-state index in [-0.39, 0.29) is 12.1 Å². The summed E-state index contributed by atoms with van der Waals surface area (Å²) in [5.74, 6) is -9.32. The van der Waals surface area contributed by atoms with Crippen LogP contribution in [0.1, 0.15) is 106 Å². The van der Waals surface area contributed by atoms with Crippen LogP contribution in [0, 0.1) is 11.8 Å². The first kappa shape index (κ1) is 49.1. The first-order valence-corrected chi connectivity index (χ1v) is 18.5. The van der Waals surface area contributed by atoms with Crippen molar-refractivity contribution in [2.75, 3.05) is 0 Å². The van der Waals surface area contributed by atoms with Gasteiger partial charge in [-0.3, -0.25) is 9.59 Å². The lowest BCUT2D eigenvalue weighted by molar-refractivity contribution is -0.118. The number of halogens is 4. The van der Waals surface area contributed by atoms with Gasteiger partial charge in [0.25, 0.3) is 11.8 Å². The third-order valence-electron chi connectivity index (χ3n) is 7.74. The zero-order chi connectivity index (χ0) is 43.1. The van der Waals surface area contributed by atoms with Crippen molar-refractivity contribution in [2.45, 2.75) is 130 Å². The van der Waals surface area contributed by atoms with Gasteiger partial charge in [-0.1, -0.05) is 88.4 Å². The van der Waals surface area contributed by atoms with Gasteiger partial charge in [0.05, 0.1) is 12.1 Å². The van der Waals surface area contributed by atoms with Crippen LogP contribution in [0.2, 0.25) is 0 Å². The van der Waals surface area contributed by atoms with Gasteiger partial charge in [0.15, 0.2) is 0 Å². The number of benzene rings is 2. The lowest BCUT2D eigenvalue weighted by Crippen LogP contribution is -2.51. The van der Waals surface area contributed by atoms with Gasteiger partial charge in [-0.2, -0.15) is 17.6 Å². The Morgan fingerprint density at radius 1 is 0.518 bits per heavy atom. The molecule has 0 aliphatic heterocycles. The van der Waals surface area contributed by atoms with Crippen molar-refractivity contribution in [2.24, 2.45) is 11.8 Å². The summed E-state index contributed by atoms with van der Waals surface area (Å²) in [6.07, 6.45) is 0.768. The average Bonchev–Trinajstić information content (AvgIpc) is 3.07. The summed E-state index contributed by atoms with van der Waals surface area (Å²) in [6.45, 7) is 19.6. The minimum Gasteiger partial charge on any atom is -0.444 e. The van der Waals surface area contributed by atoms with E-state index in [4.69, 9.17) is 9.47 Å². The first-order valence-electron chi connectivity index (χ1n) is 18.5. The Bertz CT molecular complexity index is 1480. The van der Waals surface area contributed by atoms with Crippen molar-refractivity contribution >= 4 is 24.0 Å². The highest BCUT2D eigenvalue weighted by atomic mass is 19.3. The summed E-state index contributed by atoms with van der Waals surface area (Å²) in [6, 6.07) is 14.7. The van der Waals surface area contributed by atoms with E-state index in [0.29, 0.717) is 12.2 Å². The molecule has 2 aromatic rings. The van der Waals surface area contributed by atoms with Crippen LogP contribution in [-0.2, 0) is 19.1 Å². The summed E-state index contributed by atoms with van der Waals surface area (Å²) in [4.78, 5) is 47.8. The molecule has 0 aliphatic carbocycles. The third-order valence-corrected chi connectivity index (χ3v) is 7.74. The fourth-order valence-electron chi connectivity index (χ4n) is 5.04. The molecule has 0 fully saturated rings. The van der Waals surface area contributed by atoms with Crippen molar-refractivity contribution in [3.8, 4) is 0 Å². The number of ether oxygens (including phenoxy) is 2. The summed E-state index contributed by atoms with van der Waals surface area (Å²) >= 11 is 0. The first-order chi connectivity index (χ1) is 25.6. The number of hydrogen-bond donors (Lipinski definition) is 4. The largest absolute Gasteiger partial charge is 0.444 e. The van der Waals surface area contributed by atoms with Gasteiger partial charge in [0, 0.05) is 12.2 Å². The Hall–Kier alpha value is -4.88. The lowest BCUT2D eigenvalue weighted by atomic mass is 9.97. The minimum absolute atomic E-state index is 0.326. The van der Waals surface area contributed by atoms with Crippen LogP contribution in [0.3, 0.4) is 0 Å². The Morgan fingerprint density at radius 3 is 1.05 bits per heavy atom. The Labute approximate surface area is 329 Å². The van der Waals surface area contributed by atoms with E-state index in [1.165, 1.54) is 0 Å². The molecule has 4 amide bonds. The number of hydrogen-bond acceptors (Lipinski definition) is 6. The van der Waals surface area contributed by atoms with Gasteiger partial charge < -0.3 is 30.7 Å². The summed E-state index contributed by atoms with van der Waals surface area (Å²) in [5, 5.41) is 9.69. The molecular formula is C42H60F4N4O6. The van der Waals surface area contributed by atoms with Gasteiger partial charge in [-0.15, -0.1) is 0 Å². The molecule has 0 heterocycles. The van der Waals surface area contributed by atoms with E-state index in [9.17, 15) is 36.7 Å². The van der Waals surface area contributed by atoms with Gasteiger partial charge >= 0.3 is 12.2 Å². The van der Waals surface area contributed by atoms with Crippen LogP contribution in [0.25, 0.3) is 0 Å². The number of nitrogens with one attached hydrogen (secondary N) is 4. The van der Waals surface area contributed by atoms with Crippen molar-refractivity contribution in [3.05, 3.63) is 96.1 Å². The molecule has 0 spiro atoms. The Balaban J connectivity index is 0.000000560. The van der Waals surface area contributed by atoms with Gasteiger partial charge in [-0.05, 0) is 90.5 Å². The van der Waals surface area contributed by atoms with E-state index in [0.717, 1.165) is 23.3 Å². The van der Waals surface area contributed by atoms with Crippen LogP contribution >= 0.6 is 0 Å². The third kappa shape index (κ3) is 19.1. The maximum absolute atomic E-state index is 14.6. The van der Waals surface area contributed by atoms with E-state index in [1.54, 1.807) is 83.1 Å². The van der Waals surface area contributed by atoms with Crippen molar-refractivity contribution in [3.63, 3.8) is 0 Å². The fourth-order valence-corrected chi connectivity index (χ4v) is 5.04. The SMILES string of the molecule is CC(C)[C@H](NC(=O)OC(C)(C)C)C(F)(F)/C=C/C(=O)N[C@H](C)c1ccccc1.CC(C)[C@H](NC(=O)OC(C)(C)C)C(F)(F)/C=C/C(=O)N[C@H](C)c1ccccc1. The highest BCUT2D eigenvalue weighted by Gasteiger charge is 2.42. The molecule has 2 rings (SSSR count). The van der Waals surface area contributed by atoms with Crippen molar-refractivity contribution in [1.29, 1.82) is 0 Å². The highest BCUT2D eigenvalue weighted by molar-refractivity contribution is 5.88. The summed E-state index contributed by atoms with van der Waals surface area (Å²) in [5.41, 5.74) is 0.124. The second kappa shape index (κ2) is 21.4. The molecule has 0 unspecified atom stereocenters. The number of carbonyl (C=O) groups excluding carboxylic acids is 4. The number of carbonyl (C=O) groups is 4. The number of alkyl carbamates (subject to hydrolysis) is 2. The average molecular weight is 793 g/mol. The smallest absolute Gasteiger partial charge is 0.408 e. The van der Waals surface area contributed by atoms with Crippen molar-refractivity contribution < 1.29 is 46.2 Å². The Morgan fingerprint density at radius 2 is 0.804 bits per heavy atom. The second-order valence-electron chi connectivity index (χ2n) is 16.0. The quantitative estimate of drug-likeness (QED) is 0.111. The van der Waals surface area contributed by atoms with Crippen LogP contribution in [-0.4, -0.2) is 59.1 Å². The van der Waals surface area contributed by atoms with Crippen LogP contribution < -0.4 is 21.3 Å². The van der Waals surface area contributed by atoms with E-state index in [1.807, 2.05) is 60.7 Å². The highest BCUT2D eigenvalue weighted by Crippen LogP contribution is 2.28. The molecule has 10 nitrogen and oxygen atoms in total. The van der Waals surface area contributed by atoms with E-state index < -0.39 is 71.0 Å². The van der Waals surface area contributed by atoms with Crippen LogP contribution in [0.15, 0.2) is 85.0 Å². The van der Waals surface area contributed by atoms with Gasteiger partial charge in [0.1, 0.15) is 23.3 Å². The van der Waals surface area contributed by atoms with Gasteiger partial charge in [-0.25, -0.2) is 9.59 Å². The molecule has 2 aromatic carbocycles. The zero-order valence-corrected chi connectivity index (χ0v) is 34.5. The molecule has 0 radical (unpaired) electrons. The molecule has 0 saturated heterocycles. The molecule has 0 saturated carbocycles. The van der Waals surface area contributed by atoms with Crippen molar-refractivity contribution in [1.82, 2.24) is 21.3 Å². The maximum atomic E-state index is 14.6. The minimum atomic E-state index is -3.43. The second-order valence-corrected chi connectivity index (χ2v) is 16.0. The van der Waals surface area contributed by atoms with Crippen LogP contribution in [0.5, 0.6) is 0 Å². The molecule has 4 N–H and O–H groups in total. The van der Waals surface area contributed by atoms with E-state index >= 15 is 0 Å². The fraction of sp³-hybridized carbons (Fsp3) is 0.524. The molecule has 56 heavy (non-hydrogen) atoms. The summed E-state index contributed by atoms with van der Waals surface area (Å²) < 4.78 is 68.6. The number of amides is 4. The molecule has 4 atom stereocenters. The molecule has 312 valence electrons. The molecule has 0 bridgehead atoms. The Kier molecular flexibility index (Phi) is 18.8.